The molecule has 0 spiro atoms. The van der Waals surface area contributed by atoms with Crippen molar-refractivity contribution in [3.05, 3.63) is 66.2 Å². The maximum absolute atomic E-state index is 9.82. The second-order valence-corrected chi connectivity index (χ2v) is 5.89. The first-order valence-corrected chi connectivity index (χ1v) is 9.35. The highest BCUT2D eigenvalue weighted by Gasteiger charge is 1.92. The van der Waals surface area contributed by atoms with E-state index in [0.717, 1.165) is 24.9 Å². The van der Waals surface area contributed by atoms with Gasteiger partial charge in [0.2, 0.25) is 0 Å². The fourth-order valence-electron chi connectivity index (χ4n) is 1.75. The van der Waals surface area contributed by atoms with Crippen LogP contribution in [0.15, 0.2) is 60.7 Å². The van der Waals surface area contributed by atoms with E-state index in [4.69, 9.17) is 34.0 Å². The summed E-state index contributed by atoms with van der Waals surface area (Å²) in [4.78, 5) is 9.82. The van der Waals surface area contributed by atoms with Gasteiger partial charge in [-0.05, 0) is 43.4 Å². The standard InChI is InChI=1S/C10H14O.C6H7N.C4H6Cl2O2/c11-9-5-4-8-10-6-2-1-3-7-10;7-6-4-2-1-3-5-6;5-2-1-3-8-4(6)7/h1-3,6-7,11H,4-5,8-9H2;1-5H,7H2;1-3H2. The number of halogens is 2. The van der Waals surface area contributed by atoms with Crippen LogP contribution in [-0.4, -0.2) is 29.6 Å². The number of nitrogens with two attached hydrogens (primary N) is 1. The summed E-state index contributed by atoms with van der Waals surface area (Å²) in [6, 6.07) is 19.9. The molecule has 3 N–H and O–H groups in total. The van der Waals surface area contributed by atoms with Crippen molar-refractivity contribution in [3.8, 4) is 0 Å². The average molecular weight is 400 g/mol. The Bertz CT molecular complexity index is 553. The number of hydrogen-bond acceptors (Lipinski definition) is 4. The van der Waals surface area contributed by atoms with Crippen LogP contribution in [0.25, 0.3) is 0 Å². The van der Waals surface area contributed by atoms with E-state index >= 15 is 0 Å². The molecule has 0 saturated heterocycles. The number of alkyl halides is 1. The number of benzene rings is 2. The molecule has 0 radical (unpaired) electrons. The van der Waals surface area contributed by atoms with E-state index in [9.17, 15) is 4.79 Å². The smallest absolute Gasteiger partial charge is 0.403 e. The predicted molar refractivity (Wildman–Crippen MR) is 110 cm³/mol. The number of para-hydroxylation sites is 1. The van der Waals surface area contributed by atoms with Gasteiger partial charge in [-0.3, -0.25) is 0 Å². The number of anilines is 1. The van der Waals surface area contributed by atoms with Gasteiger partial charge in [0.1, 0.15) is 0 Å². The van der Waals surface area contributed by atoms with Crippen molar-refractivity contribution in [2.45, 2.75) is 25.7 Å². The summed E-state index contributed by atoms with van der Waals surface area (Å²) in [5.41, 5.74) is 6.77. The number of rotatable bonds is 7. The normalized spacial score (nSPS) is 9.19. The molecule has 0 saturated carbocycles. The average Bonchev–Trinajstić information content (AvgIpc) is 2.65. The van der Waals surface area contributed by atoms with Crippen molar-refractivity contribution in [1.29, 1.82) is 0 Å². The van der Waals surface area contributed by atoms with Crippen LogP contribution in [0.1, 0.15) is 24.8 Å². The van der Waals surface area contributed by atoms with Gasteiger partial charge in [-0.15, -0.1) is 11.6 Å². The lowest BCUT2D eigenvalue weighted by Crippen LogP contribution is -1.96. The monoisotopic (exact) mass is 399 g/mol. The molecule has 6 heteroatoms. The van der Waals surface area contributed by atoms with Crippen LogP contribution in [-0.2, 0) is 11.2 Å². The summed E-state index contributed by atoms with van der Waals surface area (Å²) < 4.78 is 4.32. The Labute approximate surface area is 165 Å². The van der Waals surface area contributed by atoms with Crippen molar-refractivity contribution in [3.63, 3.8) is 0 Å². The lowest BCUT2D eigenvalue weighted by atomic mass is 10.1. The molecule has 0 heterocycles. The summed E-state index contributed by atoms with van der Waals surface area (Å²) in [6.07, 6.45) is 3.73. The number of unbranched alkanes of at least 4 members (excludes halogenated alkanes) is 1. The van der Waals surface area contributed by atoms with E-state index in [-0.39, 0.29) is 0 Å². The Hall–Kier alpha value is -1.75. The molecule has 0 aliphatic rings. The fourth-order valence-corrected chi connectivity index (χ4v) is 1.93. The van der Waals surface area contributed by atoms with Crippen LogP contribution in [0.3, 0.4) is 0 Å². The molecule has 144 valence electrons. The van der Waals surface area contributed by atoms with Gasteiger partial charge in [0, 0.05) is 29.8 Å². The Morgan fingerprint density at radius 1 is 0.962 bits per heavy atom. The Morgan fingerprint density at radius 3 is 1.96 bits per heavy atom. The van der Waals surface area contributed by atoms with E-state index in [0.29, 0.717) is 25.5 Å². The van der Waals surface area contributed by atoms with E-state index in [1.54, 1.807) is 0 Å². The SMILES string of the molecule is Nc1ccccc1.O=C(Cl)OCCCCl.OCCCCc1ccccc1. The number of nitrogen functional groups attached to an aromatic ring is 1. The minimum Gasteiger partial charge on any atom is -0.454 e. The van der Waals surface area contributed by atoms with Crippen molar-refractivity contribution in [2.24, 2.45) is 0 Å². The Balaban J connectivity index is 0.000000373. The number of aliphatic hydroxyl groups excluding tert-OH is 1. The highest BCUT2D eigenvalue weighted by Crippen LogP contribution is 2.03. The molecule has 0 bridgehead atoms. The van der Waals surface area contributed by atoms with Crippen molar-refractivity contribution < 1.29 is 14.6 Å². The van der Waals surface area contributed by atoms with Crippen LogP contribution < -0.4 is 5.73 Å². The molecule has 0 unspecified atom stereocenters. The van der Waals surface area contributed by atoms with Crippen molar-refractivity contribution in [1.82, 2.24) is 0 Å². The highest BCUT2D eigenvalue weighted by molar-refractivity contribution is 6.61. The third-order valence-electron chi connectivity index (χ3n) is 3.01. The molecule has 0 aliphatic carbocycles. The summed E-state index contributed by atoms with van der Waals surface area (Å²) in [7, 11) is 0. The molecule has 0 amide bonds. The van der Waals surface area contributed by atoms with E-state index in [2.05, 4.69) is 16.9 Å². The van der Waals surface area contributed by atoms with Gasteiger partial charge in [-0.1, -0.05) is 48.5 Å². The number of ether oxygens (including phenoxy) is 1. The Morgan fingerprint density at radius 2 is 1.54 bits per heavy atom. The molecule has 0 aromatic heterocycles. The summed E-state index contributed by atoms with van der Waals surface area (Å²) >= 11 is 10.1. The van der Waals surface area contributed by atoms with Crippen LogP contribution in [0.5, 0.6) is 0 Å². The molecule has 2 aromatic carbocycles. The van der Waals surface area contributed by atoms with Gasteiger partial charge in [-0.25, -0.2) is 4.79 Å². The number of aliphatic hydroxyl groups is 1. The lowest BCUT2D eigenvalue weighted by molar-refractivity contribution is 0.174. The van der Waals surface area contributed by atoms with Crippen LogP contribution >= 0.6 is 23.2 Å². The maximum atomic E-state index is 9.82. The number of carbonyl (C=O) groups excluding carboxylic acids is 1. The Kier molecular flexibility index (Phi) is 16.8. The van der Waals surface area contributed by atoms with Crippen LogP contribution in [0, 0.1) is 0 Å². The minimum absolute atomic E-state index is 0.311. The third-order valence-corrected chi connectivity index (χ3v) is 3.39. The van der Waals surface area contributed by atoms with Gasteiger partial charge >= 0.3 is 5.43 Å². The van der Waals surface area contributed by atoms with Gasteiger partial charge in [0.25, 0.3) is 0 Å². The van der Waals surface area contributed by atoms with Crippen LogP contribution in [0.4, 0.5) is 10.5 Å². The van der Waals surface area contributed by atoms with E-state index in [1.807, 2.05) is 48.5 Å². The van der Waals surface area contributed by atoms with Crippen molar-refractivity contribution in [2.75, 3.05) is 24.8 Å². The first-order valence-electron chi connectivity index (χ1n) is 8.43. The molecule has 0 fully saturated rings. The van der Waals surface area contributed by atoms with Gasteiger partial charge in [0.05, 0.1) is 6.61 Å². The quantitative estimate of drug-likeness (QED) is 0.288. The molecule has 2 aromatic rings. The van der Waals surface area contributed by atoms with Crippen molar-refractivity contribution >= 4 is 34.3 Å². The zero-order valence-electron chi connectivity index (χ0n) is 14.8. The molecule has 0 aliphatic heterocycles. The highest BCUT2D eigenvalue weighted by atomic mass is 35.5. The third kappa shape index (κ3) is 17.1. The molecular formula is C20H27Cl2NO3. The number of carbonyl (C=O) groups is 1. The van der Waals surface area contributed by atoms with Gasteiger partial charge < -0.3 is 15.6 Å². The lowest BCUT2D eigenvalue weighted by Gasteiger charge is -1.97. The second kappa shape index (κ2) is 18.1. The summed E-state index contributed by atoms with van der Waals surface area (Å²) in [6.45, 7) is 0.624. The van der Waals surface area contributed by atoms with E-state index in [1.165, 1.54) is 5.56 Å². The topological polar surface area (TPSA) is 72.6 Å². The number of aryl methyl sites for hydroxylation is 1. The van der Waals surface area contributed by atoms with Crippen LogP contribution in [0.2, 0.25) is 0 Å². The maximum Gasteiger partial charge on any atom is 0.403 e. The van der Waals surface area contributed by atoms with Gasteiger partial charge in [0.15, 0.2) is 0 Å². The molecule has 0 atom stereocenters. The zero-order chi connectivity index (χ0) is 19.5. The molecule has 4 nitrogen and oxygen atoms in total. The molecule has 26 heavy (non-hydrogen) atoms. The first kappa shape index (κ1) is 24.2. The molecule has 2 rings (SSSR count). The summed E-state index contributed by atoms with van der Waals surface area (Å²) in [5.74, 6) is 0.490. The fraction of sp³-hybridized carbons (Fsp3) is 0.350. The minimum atomic E-state index is -0.768. The summed E-state index contributed by atoms with van der Waals surface area (Å²) in [5, 5.41) is 8.54. The van der Waals surface area contributed by atoms with E-state index < -0.39 is 5.43 Å². The number of hydrogen-bond donors (Lipinski definition) is 2. The zero-order valence-corrected chi connectivity index (χ0v) is 16.3. The predicted octanol–water partition coefficient (Wildman–Crippen LogP) is 5.26. The molecular weight excluding hydrogens is 373 g/mol. The first-order chi connectivity index (χ1) is 12.6. The second-order valence-electron chi connectivity index (χ2n) is 5.21. The van der Waals surface area contributed by atoms with Gasteiger partial charge in [-0.2, -0.15) is 0 Å². The largest absolute Gasteiger partial charge is 0.454 e.